The molecule has 0 N–H and O–H groups in total. The van der Waals surface area contributed by atoms with Crippen molar-refractivity contribution in [2.45, 2.75) is 0 Å². The summed E-state index contributed by atoms with van der Waals surface area (Å²) in [5.41, 5.74) is 0.955. The third-order valence-corrected chi connectivity index (χ3v) is 1.64. The predicted molar refractivity (Wildman–Crippen MR) is 43.2 cm³/mol. The van der Waals surface area contributed by atoms with Crippen molar-refractivity contribution in [3.05, 3.63) is 52.9 Å². The Morgan fingerprint density at radius 1 is 1.00 bits per heavy atom. The van der Waals surface area contributed by atoms with Crippen LogP contribution in [-0.4, -0.2) is 4.57 Å². The Balaban J connectivity index is 2.86. The highest BCUT2D eigenvalue weighted by Gasteiger charge is 1.98. The van der Waals surface area contributed by atoms with Crippen LogP contribution in [0.25, 0.3) is 5.69 Å². The molecule has 2 aliphatic rings. The zero-order valence-corrected chi connectivity index (χ0v) is 5.90. The van der Waals surface area contributed by atoms with Crippen molar-refractivity contribution in [3.63, 3.8) is 0 Å². The minimum atomic E-state index is 0.0243. The zero-order valence-electron chi connectivity index (χ0n) is 5.90. The molecule has 2 heterocycles. The summed E-state index contributed by atoms with van der Waals surface area (Å²) < 4.78 is 1.61. The summed E-state index contributed by atoms with van der Waals surface area (Å²) >= 11 is 0. The minimum absolute atomic E-state index is 0.0243. The highest BCUT2D eigenvalue weighted by atomic mass is 16.1. The van der Waals surface area contributed by atoms with Crippen LogP contribution in [0.5, 0.6) is 0 Å². The Bertz CT molecular complexity index is 391. The summed E-state index contributed by atoms with van der Waals surface area (Å²) in [7, 11) is 0. The zero-order chi connectivity index (χ0) is 7.68. The van der Waals surface area contributed by atoms with Gasteiger partial charge in [0.2, 0.25) is 0 Å². The van der Waals surface area contributed by atoms with Gasteiger partial charge in [-0.05, 0) is 18.2 Å². The highest BCUT2D eigenvalue weighted by molar-refractivity contribution is 5.32. The van der Waals surface area contributed by atoms with Gasteiger partial charge in [-0.25, -0.2) is 0 Å². The lowest BCUT2D eigenvalue weighted by atomic mass is 10.4. The summed E-state index contributed by atoms with van der Waals surface area (Å²) in [6, 6.07) is 10.9. The Labute approximate surface area is 64.1 Å². The van der Waals surface area contributed by atoms with Gasteiger partial charge in [-0.2, -0.15) is 0 Å². The van der Waals surface area contributed by atoms with Crippen molar-refractivity contribution in [3.8, 4) is 5.69 Å². The molecule has 0 aromatic carbocycles. The first-order valence-electron chi connectivity index (χ1n) is 3.44. The van der Waals surface area contributed by atoms with Gasteiger partial charge < -0.3 is 0 Å². The lowest BCUT2D eigenvalue weighted by molar-refractivity contribution is 1.04. The molecule has 2 rings (SSSR count). The standard InChI is InChI=1S/C9H7NO/c11-9-6-5-8-4-2-1-3-7-10(8)9/h1-7H. The Hall–Kier alpha value is -1.57. The monoisotopic (exact) mass is 145 g/mol. The smallest absolute Gasteiger partial charge is 0.255 e. The van der Waals surface area contributed by atoms with Crippen molar-refractivity contribution >= 4 is 0 Å². The molecule has 0 saturated carbocycles. The molecule has 11 heavy (non-hydrogen) atoms. The average molecular weight is 145 g/mol. The molecule has 0 fully saturated rings. The van der Waals surface area contributed by atoms with Crippen LogP contribution in [0.3, 0.4) is 0 Å². The molecule has 0 bridgehead atoms. The van der Waals surface area contributed by atoms with Crippen molar-refractivity contribution < 1.29 is 0 Å². The van der Waals surface area contributed by atoms with E-state index in [1.54, 1.807) is 16.8 Å². The van der Waals surface area contributed by atoms with Crippen LogP contribution in [0.1, 0.15) is 0 Å². The number of aromatic nitrogens is 1. The third kappa shape index (κ3) is 0.923. The molecule has 0 aromatic heterocycles. The third-order valence-electron chi connectivity index (χ3n) is 1.64. The van der Waals surface area contributed by atoms with Gasteiger partial charge in [0.25, 0.3) is 5.56 Å². The van der Waals surface area contributed by atoms with Crippen LogP contribution in [-0.2, 0) is 0 Å². The van der Waals surface area contributed by atoms with Gasteiger partial charge in [-0.15, -0.1) is 0 Å². The maximum absolute atomic E-state index is 11.1. The number of nitrogens with zero attached hydrogens (tertiary/aromatic N) is 1. The molecule has 0 atom stereocenters. The summed E-state index contributed by atoms with van der Waals surface area (Å²) in [5.74, 6) is 0. The van der Waals surface area contributed by atoms with E-state index >= 15 is 0 Å². The van der Waals surface area contributed by atoms with E-state index in [-0.39, 0.29) is 5.56 Å². The summed E-state index contributed by atoms with van der Waals surface area (Å²) in [5, 5.41) is 0. The van der Waals surface area contributed by atoms with Gasteiger partial charge in [0, 0.05) is 18.0 Å². The van der Waals surface area contributed by atoms with Crippen LogP contribution < -0.4 is 5.56 Å². The quantitative estimate of drug-likeness (QED) is 0.547. The fourth-order valence-corrected chi connectivity index (χ4v) is 1.09. The summed E-state index contributed by atoms with van der Waals surface area (Å²) in [6.45, 7) is 0. The molecule has 0 unspecified atom stereocenters. The van der Waals surface area contributed by atoms with Gasteiger partial charge >= 0.3 is 0 Å². The van der Waals surface area contributed by atoms with E-state index in [1.807, 2.05) is 30.3 Å². The lowest BCUT2D eigenvalue weighted by Crippen LogP contribution is -2.08. The maximum atomic E-state index is 11.1. The fourth-order valence-electron chi connectivity index (χ4n) is 1.09. The van der Waals surface area contributed by atoms with E-state index < -0.39 is 0 Å². The molecule has 2 aliphatic heterocycles. The fraction of sp³-hybridized carbons (Fsp3) is 0. The molecule has 0 radical (unpaired) electrons. The van der Waals surface area contributed by atoms with E-state index in [9.17, 15) is 4.79 Å². The van der Waals surface area contributed by atoms with E-state index in [2.05, 4.69) is 0 Å². The molecule has 0 aromatic rings. The molecule has 54 valence electrons. The average Bonchev–Trinajstić information content (AvgIpc) is 2.25. The Kier molecular flexibility index (Phi) is 1.25. The minimum Gasteiger partial charge on any atom is -0.284 e. The van der Waals surface area contributed by atoms with Gasteiger partial charge in [0.1, 0.15) is 0 Å². The second-order valence-corrected chi connectivity index (χ2v) is 2.36. The van der Waals surface area contributed by atoms with Gasteiger partial charge in [-0.3, -0.25) is 9.36 Å². The molecule has 0 saturated heterocycles. The first-order valence-corrected chi connectivity index (χ1v) is 3.44. The van der Waals surface area contributed by atoms with Gasteiger partial charge in [0.15, 0.2) is 0 Å². The Morgan fingerprint density at radius 3 is 2.82 bits per heavy atom. The van der Waals surface area contributed by atoms with Crippen molar-refractivity contribution in [1.29, 1.82) is 0 Å². The van der Waals surface area contributed by atoms with Gasteiger partial charge in [-0.1, -0.05) is 12.1 Å². The van der Waals surface area contributed by atoms with Crippen LogP contribution in [0, 0.1) is 0 Å². The van der Waals surface area contributed by atoms with Crippen LogP contribution in [0.2, 0.25) is 0 Å². The number of fused-ring (bicyclic) bond motifs is 1. The van der Waals surface area contributed by atoms with Crippen LogP contribution >= 0.6 is 0 Å². The van der Waals surface area contributed by atoms with E-state index in [4.69, 9.17) is 0 Å². The van der Waals surface area contributed by atoms with Crippen molar-refractivity contribution in [2.24, 2.45) is 0 Å². The van der Waals surface area contributed by atoms with Crippen molar-refractivity contribution in [1.82, 2.24) is 4.57 Å². The predicted octanol–water partition coefficient (Wildman–Crippen LogP) is 1.28. The molecule has 2 heteroatoms. The topological polar surface area (TPSA) is 22.0 Å². The van der Waals surface area contributed by atoms with E-state index in [0.29, 0.717) is 0 Å². The number of hydrogen-bond donors (Lipinski definition) is 0. The van der Waals surface area contributed by atoms with Crippen LogP contribution in [0.4, 0.5) is 0 Å². The second-order valence-electron chi connectivity index (χ2n) is 2.36. The second kappa shape index (κ2) is 2.23. The molecule has 2 nitrogen and oxygen atoms in total. The van der Waals surface area contributed by atoms with Gasteiger partial charge in [0.05, 0.1) is 0 Å². The summed E-state index contributed by atoms with van der Waals surface area (Å²) in [4.78, 5) is 11.1. The maximum Gasteiger partial charge on any atom is 0.255 e. The molecule has 0 spiro atoms. The van der Waals surface area contributed by atoms with Crippen molar-refractivity contribution in [2.75, 3.05) is 0 Å². The first kappa shape index (κ1) is 6.16. The molecule has 0 amide bonds. The summed E-state index contributed by atoms with van der Waals surface area (Å²) in [6.07, 6.45) is 1.76. The SMILES string of the molecule is O=c1ccc2cccccn1-2. The Morgan fingerprint density at radius 2 is 1.91 bits per heavy atom. The van der Waals surface area contributed by atoms with Crippen LogP contribution in [0.15, 0.2) is 47.4 Å². The largest absolute Gasteiger partial charge is 0.284 e. The molecular formula is C9H7NO. The number of rotatable bonds is 0. The van der Waals surface area contributed by atoms with E-state index in [0.717, 1.165) is 5.69 Å². The number of hydrogen-bond acceptors (Lipinski definition) is 1. The molecular weight excluding hydrogens is 138 g/mol. The molecule has 0 aliphatic carbocycles. The van der Waals surface area contributed by atoms with E-state index in [1.165, 1.54) is 0 Å². The first-order chi connectivity index (χ1) is 5.38. The lowest BCUT2D eigenvalue weighted by Gasteiger charge is -1.92. The highest BCUT2D eigenvalue weighted by Crippen LogP contribution is 2.02. The normalized spacial score (nSPS) is 10.2.